The molecule has 0 bridgehead atoms. The van der Waals surface area contributed by atoms with Gasteiger partial charge in [0, 0.05) is 30.0 Å². The van der Waals surface area contributed by atoms with Crippen LogP contribution in [0.1, 0.15) is 38.6 Å². The molecule has 1 aliphatic rings. The lowest BCUT2D eigenvalue weighted by Gasteiger charge is -2.17. The zero-order valence-corrected chi connectivity index (χ0v) is 14.9. The first-order valence-corrected chi connectivity index (χ1v) is 8.74. The number of carbonyl (C=O) groups is 1. The number of benzene rings is 1. The zero-order chi connectivity index (χ0) is 17.3. The van der Waals surface area contributed by atoms with Crippen molar-refractivity contribution in [3.63, 3.8) is 0 Å². The van der Waals surface area contributed by atoms with Gasteiger partial charge in [-0.05, 0) is 24.1 Å². The second-order valence-corrected chi connectivity index (χ2v) is 7.80. The lowest BCUT2D eigenvalue weighted by Crippen LogP contribution is -2.33. The van der Waals surface area contributed by atoms with Gasteiger partial charge in [0.15, 0.2) is 0 Å². The van der Waals surface area contributed by atoms with E-state index in [1.165, 1.54) is 23.7 Å². The highest BCUT2D eigenvalue weighted by molar-refractivity contribution is 7.09. The lowest BCUT2D eigenvalue weighted by atomic mass is 9.96. The third kappa shape index (κ3) is 3.72. The van der Waals surface area contributed by atoms with Crippen LogP contribution in [0.25, 0.3) is 0 Å². The molecule has 1 aliphatic heterocycles. The minimum absolute atomic E-state index is 0.0480. The van der Waals surface area contributed by atoms with Gasteiger partial charge in [0.2, 0.25) is 11.0 Å². The molecule has 1 amide bonds. The van der Waals surface area contributed by atoms with Crippen molar-refractivity contribution >= 4 is 22.6 Å². The minimum Gasteiger partial charge on any atom is -0.348 e. The molecule has 0 spiro atoms. The standard InChI is InChI=1S/C17H21FN4OS/c1-17(2,3)15-20-16(24-21-15)19-13-8-9-22(14(13)23)10-11-4-6-12(18)7-5-11/h4-7,13H,8-10H2,1-3H3,(H,19,20,21). The molecule has 1 saturated heterocycles. The van der Waals surface area contributed by atoms with Crippen LogP contribution in [-0.4, -0.2) is 32.8 Å². The first-order valence-electron chi connectivity index (χ1n) is 7.97. The monoisotopic (exact) mass is 348 g/mol. The molecule has 1 aromatic carbocycles. The fourth-order valence-electron chi connectivity index (χ4n) is 2.58. The van der Waals surface area contributed by atoms with E-state index in [0.29, 0.717) is 18.2 Å². The molecule has 5 nitrogen and oxygen atoms in total. The zero-order valence-electron chi connectivity index (χ0n) is 14.0. The number of hydrogen-bond acceptors (Lipinski definition) is 5. The van der Waals surface area contributed by atoms with Gasteiger partial charge in [-0.1, -0.05) is 32.9 Å². The van der Waals surface area contributed by atoms with E-state index < -0.39 is 0 Å². The van der Waals surface area contributed by atoms with E-state index >= 15 is 0 Å². The van der Waals surface area contributed by atoms with Crippen molar-refractivity contribution in [1.82, 2.24) is 14.3 Å². The molecule has 0 aliphatic carbocycles. The topological polar surface area (TPSA) is 58.1 Å². The number of rotatable bonds is 4. The van der Waals surface area contributed by atoms with Gasteiger partial charge >= 0.3 is 0 Å². The number of nitrogens with zero attached hydrogens (tertiary/aromatic N) is 3. The molecule has 128 valence electrons. The Kier molecular flexibility index (Phi) is 4.54. The predicted molar refractivity (Wildman–Crippen MR) is 92.5 cm³/mol. The summed E-state index contributed by atoms with van der Waals surface area (Å²) < 4.78 is 17.3. The maximum Gasteiger partial charge on any atom is 0.245 e. The lowest BCUT2D eigenvalue weighted by molar-refractivity contribution is -0.128. The Bertz CT molecular complexity index is 723. The summed E-state index contributed by atoms with van der Waals surface area (Å²) in [6, 6.07) is 5.99. The van der Waals surface area contributed by atoms with Crippen molar-refractivity contribution in [2.24, 2.45) is 0 Å². The Morgan fingerprint density at radius 2 is 2.04 bits per heavy atom. The van der Waals surface area contributed by atoms with Crippen molar-refractivity contribution in [1.29, 1.82) is 0 Å². The fraction of sp³-hybridized carbons (Fsp3) is 0.471. The van der Waals surface area contributed by atoms with E-state index in [9.17, 15) is 9.18 Å². The van der Waals surface area contributed by atoms with Crippen molar-refractivity contribution in [2.45, 2.75) is 45.2 Å². The largest absolute Gasteiger partial charge is 0.348 e. The second-order valence-electron chi connectivity index (χ2n) is 7.04. The molecule has 1 unspecified atom stereocenters. The summed E-state index contributed by atoms with van der Waals surface area (Å²) in [7, 11) is 0. The highest BCUT2D eigenvalue weighted by Crippen LogP contribution is 2.25. The average molecular weight is 348 g/mol. The Hall–Kier alpha value is -2.02. The summed E-state index contributed by atoms with van der Waals surface area (Å²) in [6.07, 6.45) is 0.727. The average Bonchev–Trinajstić information content (AvgIpc) is 3.11. The van der Waals surface area contributed by atoms with Crippen LogP contribution in [-0.2, 0) is 16.8 Å². The molecule has 1 N–H and O–H groups in total. The van der Waals surface area contributed by atoms with Crippen LogP contribution in [0.5, 0.6) is 0 Å². The molecule has 0 radical (unpaired) electrons. The molecule has 24 heavy (non-hydrogen) atoms. The third-order valence-corrected chi connectivity index (χ3v) is 4.63. The minimum atomic E-state index is -0.272. The summed E-state index contributed by atoms with van der Waals surface area (Å²) in [6.45, 7) is 7.36. The second kappa shape index (κ2) is 6.47. The molecule has 1 atom stereocenters. The molecular formula is C17H21FN4OS. The van der Waals surface area contributed by atoms with Crippen LogP contribution in [0.2, 0.25) is 0 Å². The summed E-state index contributed by atoms with van der Waals surface area (Å²) >= 11 is 1.29. The van der Waals surface area contributed by atoms with E-state index in [2.05, 4.69) is 35.4 Å². The first-order chi connectivity index (χ1) is 11.3. The summed E-state index contributed by atoms with van der Waals surface area (Å²) in [5, 5.41) is 3.88. The highest BCUT2D eigenvalue weighted by Gasteiger charge is 2.32. The Morgan fingerprint density at radius 3 is 2.67 bits per heavy atom. The molecule has 3 rings (SSSR count). The van der Waals surface area contributed by atoms with Gasteiger partial charge in [0.25, 0.3) is 0 Å². The van der Waals surface area contributed by atoms with E-state index in [-0.39, 0.29) is 23.2 Å². The molecule has 0 saturated carbocycles. The van der Waals surface area contributed by atoms with Crippen LogP contribution >= 0.6 is 11.5 Å². The van der Waals surface area contributed by atoms with Crippen molar-refractivity contribution < 1.29 is 9.18 Å². The number of anilines is 1. The van der Waals surface area contributed by atoms with Gasteiger partial charge in [-0.3, -0.25) is 4.79 Å². The molecular weight excluding hydrogens is 327 g/mol. The van der Waals surface area contributed by atoms with Crippen LogP contribution in [0, 0.1) is 5.82 Å². The summed E-state index contributed by atoms with van der Waals surface area (Å²) in [4.78, 5) is 18.8. The summed E-state index contributed by atoms with van der Waals surface area (Å²) in [5.41, 5.74) is 0.821. The van der Waals surface area contributed by atoms with Crippen LogP contribution < -0.4 is 5.32 Å². The Balaban J connectivity index is 1.61. The van der Waals surface area contributed by atoms with Crippen molar-refractivity contribution in [3.8, 4) is 0 Å². The van der Waals surface area contributed by atoms with Crippen molar-refractivity contribution in [3.05, 3.63) is 41.5 Å². The smallest absolute Gasteiger partial charge is 0.245 e. The van der Waals surface area contributed by atoms with E-state index in [1.54, 1.807) is 17.0 Å². The first kappa shape index (κ1) is 16.8. The van der Waals surface area contributed by atoms with Crippen LogP contribution in [0.3, 0.4) is 0 Å². The van der Waals surface area contributed by atoms with E-state index in [0.717, 1.165) is 17.8 Å². The van der Waals surface area contributed by atoms with Gasteiger partial charge in [0.1, 0.15) is 17.7 Å². The highest BCUT2D eigenvalue weighted by atomic mass is 32.1. The SMILES string of the molecule is CC(C)(C)c1nsc(NC2CCN(Cc3ccc(F)cc3)C2=O)n1. The van der Waals surface area contributed by atoms with Gasteiger partial charge in [-0.2, -0.15) is 4.37 Å². The third-order valence-electron chi connectivity index (χ3n) is 3.98. The quantitative estimate of drug-likeness (QED) is 0.922. The number of carbonyl (C=O) groups excluding carboxylic acids is 1. The number of hydrogen-bond donors (Lipinski definition) is 1. The molecule has 2 heterocycles. The van der Waals surface area contributed by atoms with Gasteiger partial charge < -0.3 is 10.2 Å². The van der Waals surface area contributed by atoms with Crippen LogP contribution in [0.15, 0.2) is 24.3 Å². The van der Waals surface area contributed by atoms with Gasteiger partial charge in [-0.25, -0.2) is 9.37 Å². The van der Waals surface area contributed by atoms with Crippen LogP contribution in [0.4, 0.5) is 9.52 Å². The molecule has 1 aromatic heterocycles. The number of likely N-dealkylation sites (tertiary alicyclic amines) is 1. The number of aromatic nitrogens is 2. The van der Waals surface area contributed by atoms with E-state index in [4.69, 9.17) is 0 Å². The summed E-state index contributed by atoms with van der Waals surface area (Å²) in [5.74, 6) is 0.562. The van der Waals surface area contributed by atoms with Gasteiger partial charge in [-0.15, -0.1) is 0 Å². The maximum absolute atomic E-state index is 13.0. The number of amides is 1. The number of nitrogens with one attached hydrogen (secondary N) is 1. The maximum atomic E-state index is 13.0. The normalized spacial score (nSPS) is 18.2. The fourth-order valence-corrected chi connectivity index (χ4v) is 3.39. The van der Waals surface area contributed by atoms with E-state index in [1.807, 2.05) is 0 Å². The number of halogens is 1. The molecule has 2 aromatic rings. The predicted octanol–water partition coefficient (Wildman–Crippen LogP) is 3.19. The Morgan fingerprint density at radius 1 is 1.33 bits per heavy atom. The Labute approximate surface area is 145 Å². The molecule has 7 heteroatoms. The van der Waals surface area contributed by atoms with Crippen molar-refractivity contribution in [2.75, 3.05) is 11.9 Å². The molecule has 1 fully saturated rings. The van der Waals surface area contributed by atoms with Gasteiger partial charge in [0.05, 0.1) is 0 Å².